The summed E-state index contributed by atoms with van der Waals surface area (Å²) in [6, 6.07) is 5.88. The third-order valence-electron chi connectivity index (χ3n) is 2.84. The molecule has 0 aliphatic heterocycles. The highest BCUT2D eigenvalue weighted by Crippen LogP contribution is 2.23. The first-order chi connectivity index (χ1) is 11.2. The van der Waals surface area contributed by atoms with Crippen LogP contribution in [0.5, 0.6) is 11.5 Å². The summed E-state index contributed by atoms with van der Waals surface area (Å²) in [5, 5.41) is 9.65. The minimum absolute atomic E-state index is 0.151. The Hall–Kier alpha value is -3.03. The van der Waals surface area contributed by atoms with Crippen molar-refractivity contribution in [2.45, 2.75) is 13.3 Å². The van der Waals surface area contributed by atoms with Crippen LogP contribution in [0.3, 0.4) is 0 Å². The Morgan fingerprint density at radius 2 is 1.88 bits per heavy atom. The van der Waals surface area contributed by atoms with Crippen LogP contribution in [0.2, 0.25) is 0 Å². The summed E-state index contributed by atoms with van der Waals surface area (Å²) in [5.74, 6) is -1.55. The summed E-state index contributed by atoms with van der Waals surface area (Å²) in [6.07, 6.45) is -2.51. The van der Waals surface area contributed by atoms with E-state index in [2.05, 4.69) is 4.74 Å². The Morgan fingerprint density at radius 1 is 1.25 bits per heavy atom. The van der Waals surface area contributed by atoms with Crippen LogP contribution in [0.25, 0.3) is 6.08 Å². The highest BCUT2D eigenvalue weighted by molar-refractivity contribution is 6.08. The molecule has 2 rings (SSSR count). The minimum atomic E-state index is -4.79. The maximum Gasteiger partial charge on any atom is 0.573 e. The van der Waals surface area contributed by atoms with Gasteiger partial charge < -0.3 is 14.3 Å². The first kappa shape index (κ1) is 17.3. The SMILES string of the molecule is Cc1cc(O)c(C(=O)C=Cc2ccc(OC(F)(F)F)cc2)c(=O)o1. The van der Waals surface area contributed by atoms with Gasteiger partial charge in [0.1, 0.15) is 22.8 Å². The predicted molar refractivity (Wildman–Crippen MR) is 77.9 cm³/mol. The van der Waals surface area contributed by atoms with Crippen LogP contribution < -0.4 is 10.4 Å². The van der Waals surface area contributed by atoms with Crippen molar-refractivity contribution in [1.82, 2.24) is 0 Å². The van der Waals surface area contributed by atoms with Crippen molar-refractivity contribution in [3.05, 3.63) is 63.7 Å². The van der Waals surface area contributed by atoms with E-state index >= 15 is 0 Å². The predicted octanol–water partition coefficient (Wildman–Crippen LogP) is 3.45. The number of carbonyl (C=O) groups excluding carboxylic acids is 1. The minimum Gasteiger partial charge on any atom is -0.507 e. The Kier molecular flexibility index (Phi) is 4.77. The van der Waals surface area contributed by atoms with E-state index < -0.39 is 34.8 Å². The quantitative estimate of drug-likeness (QED) is 0.681. The molecule has 0 amide bonds. The van der Waals surface area contributed by atoms with Gasteiger partial charge in [-0.05, 0) is 30.7 Å². The lowest BCUT2D eigenvalue weighted by Crippen LogP contribution is -2.16. The third kappa shape index (κ3) is 4.48. The van der Waals surface area contributed by atoms with E-state index in [4.69, 9.17) is 4.42 Å². The van der Waals surface area contributed by atoms with Crippen LogP contribution >= 0.6 is 0 Å². The van der Waals surface area contributed by atoms with E-state index in [9.17, 15) is 27.9 Å². The number of ketones is 1. The van der Waals surface area contributed by atoms with Gasteiger partial charge in [-0.15, -0.1) is 13.2 Å². The lowest BCUT2D eigenvalue weighted by Gasteiger charge is -2.08. The Morgan fingerprint density at radius 3 is 2.42 bits per heavy atom. The summed E-state index contributed by atoms with van der Waals surface area (Å²) in [4.78, 5) is 23.5. The van der Waals surface area contributed by atoms with Crippen molar-refractivity contribution in [3.63, 3.8) is 0 Å². The zero-order valence-corrected chi connectivity index (χ0v) is 12.3. The van der Waals surface area contributed by atoms with Gasteiger partial charge in [-0.3, -0.25) is 4.79 Å². The van der Waals surface area contributed by atoms with Crippen LogP contribution in [-0.4, -0.2) is 17.3 Å². The Bertz CT molecular complexity index is 832. The van der Waals surface area contributed by atoms with E-state index in [1.54, 1.807) is 0 Å². The molecule has 0 aliphatic carbocycles. The number of alkyl halides is 3. The van der Waals surface area contributed by atoms with Crippen LogP contribution in [0, 0.1) is 6.92 Å². The Balaban J connectivity index is 2.16. The number of ether oxygens (including phenoxy) is 1. The maximum absolute atomic E-state index is 12.0. The zero-order valence-electron chi connectivity index (χ0n) is 12.3. The molecule has 0 fully saturated rings. The van der Waals surface area contributed by atoms with Crippen molar-refractivity contribution in [2.24, 2.45) is 0 Å². The van der Waals surface area contributed by atoms with Crippen LogP contribution in [0.4, 0.5) is 13.2 Å². The van der Waals surface area contributed by atoms with E-state index in [0.29, 0.717) is 5.56 Å². The summed E-state index contributed by atoms with van der Waals surface area (Å²) in [7, 11) is 0. The molecule has 0 radical (unpaired) electrons. The second-order valence-corrected chi connectivity index (χ2v) is 4.72. The van der Waals surface area contributed by atoms with Crippen molar-refractivity contribution in [2.75, 3.05) is 0 Å². The maximum atomic E-state index is 12.0. The fourth-order valence-electron chi connectivity index (χ4n) is 1.86. The molecule has 8 heteroatoms. The fraction of sp³-hybridized carbons (Fsp3) is 0.125. The molecule has 1 aromatic heterocycles. The molecule has 1 N–H and O–H groups in total. The average molecular weight is 340 g/mol. The van der Waals surface area contributed by atoms with Gasteiger partial charge in [-0.2, -0.15) is 0 Å². The van der Waals surface area contributed by atoms with Crippen molar-refractivity contribution in [3.8, 4) is 11.5 Å². The summed E-state index contributed by atoms with van der Waals surface area (Å²) in [5.41, 5.74) is -1.10. The van der Waals surface area contributed by atoms with Gasteiger partial charge in [0.05, 0.1) is 0 Å². The second kappa shape index (κ2) is 6.61. The van der Waals surface area contributed by atoms with Crippen molar-refractivity contribution >= 4 is 11.9 Å². The monoisotopic (exact) mass is 340 g/mol. The van der Waals surface area contributed by atoms with Crippen LogP contribution in [0.15, 0.2) is 45.6 Å². The topological polar surface area (TPSA) is 76.7 Å². The van der Waals surface area contributed by atoms with Gasteiger partial charge in [-0.25, -0.2) is 4.79 Å². The number of aryl methyl sites for hydroxylation is 1. The number of hydrogen-bond donors (Lipinski definition) is 1. The standard InChI is InChI=1S/C16H11F3O5/c1-9-8-13(21)14(15(22)23-9)12(20)7-4-10-2-5-11(6-3-10)24-16(17,18)19/h2-8,21H,1H3. The molecule has 0 spiro atoms. The van der Waals surface area contributed by atoms with E-state index in [1.807, 2.05) is 0 Å². The molecule has 1 heterocycles. The molecule has 1 aromatic carbocycles. The lowest BCUT2D eigenvalue weighted by atomic mass is 10.1. The van der Waals surface area contributed by atoms with E-state index in [1.165, 1.54) is 25.1 Å². The van der Waals surface area contributed by atoms with Crippen molar-refractivity contribution in [1.29, 1.82) is 0 Å². The van der Waals surface area contributed by atoms with E-state index in [-0.39, 0.29) is 5.76 Å². The van der Waals surface area contributed by atoms with Gasteiger partial charge in [0, 0.05) is 6.07 Å². The number of rotatable bonds is 4. The molecule has 0 atom stereocenters. The number of aromatic hydroxyl groups is 1. The van der Waals surface area contributed by atoms with Gasteiger partial charge >= 0.3 is 12.0 Å². The molecule has 126 valence electrons. The lowest BCUT2D eigenvalue weighted by molar-refractivity contribution is -0.274. The molecule has 0 bridgehead atoms. The molecular weight excluding hydrogens is 329 g/mol. The molecule has 0 unspecified atom stereocenters. The number of halogens is 3. The summed E-state index contributed by atoms with van der Waals surface area (Å²) in [6.45, 7) is 1.44. The van der Waals surface area contributed by atoms with Gasteiger partial charge in [0.25, 0.3) is 0 Å². The Labute approximate surface area is 133 Å². The first-order valence-corrected chi connectivity index (χ1v) is 6.57. The van der Waals surface area contributed by atoms with Crippen molar-refractivity contribution < 1.29 is 32.2 Å². The number of allylic oxidation sites excluding steroid dienone is 1. The first-order valence-electron chi connectivity index (χ1n) is 6.57. The zero-order chi connectivity index (χ0) is 17.9. The molecule has 24 heavy (non-hydrogen) atoms. The molecule has 0 saturated carbocycles. The van der Waals surface area contributed by atoms with Crippen LogP contribution in [-0.2, 0) is 0 Å². The number of benzene rings is 1. The molecule has 0 aliphatic rings. The highest BCUT2D eigenvalue weighted by atomic mass is 19.4. The average Bonchev–Trinajstić information content (AvgIpc) is 2.43. The molecule has 2 aromatic rings. The van der Waals surface area contributed by atoms with Gasteiger partial charge in [0.2, 0.25) is 0 Å². The smallest absolute Gasteiger partial charge is 0.507 e. The number of carbonyl (C=O) groups is 1. The number of hydrogen-bond acceptors (Lipinski definition) is 5. The molecule has 0 saturated heterocycles. The van der Waals surface area contributed by atoms with Crippen LogP contribution in [0.1, 0.15) is 21.7 Å². The molecule has 5 nitrogen and oxygen atoms in total. The van der Waals surface area contributed by atoms with Gasteiger partial charge in [0.15, 0.2) is 5.78 Å². The largest absolute Gasteiger partial charge is 0.573 e. The third-order valence-corrected chi connectivity index (χ3v) is 2.84. The fourth-order valence-corrected chi connectivity index (χ4v) is 1.86. The second-order valence-electron chi connectivity index (χ2n) is 4.72. The van der Waals surface area contributed by atoms with Gasteiger partial charge in [-0.1, -0.05) is 18.2 Å². The van der Waals surface area contributed by atoms with E-state index in [0.717, 1.165) is 24.3 Å². The summed E-state index contributed by atoms with van der Waals surface area (Å²) < 4.78 is 44.6. The summed E-state index contributed by atoms with van der Waals surface area (Å²) >= 11 is 0. The molecular formula is C16H11F3O5. The normalized spacial score (nSPS) is 11.7. The highest BCUT2D eigenvalue weighted by Gasteiger charge is 2.30.